The van der Waals surface area contributed by atoms with E-state index in [1.165, 1.54) is 6.04 Å². The SMILES string of the molecule is CCO[Si](C)(C)CCCOCC1(CC)COC1. The van der Waals surface area contributed by atoms with Gasteiger partial charge in [0, 0.05) is 18.6 Å². The Labute approximate surface area is 107 Å². The van der Waals surface area contributed by atoms with Crippen LogP contribution in [0.5, 0.6) is 0 Å². The molecule has 0 unspecified atom stereocenters. The predicted molar refractivity (Wildman–Crippen MR) is 72.9 cm³/mol. The molecule has 0 atom stereocenters. The van der Waals surface area contributed by atoms with Crippen LogP contribution in [0.1, 0.15) is 26.7 Å². The first-order valence-corrected chi connectivity index (χ1v) is 9.94. The molecule has 1 saturated heterocycles. The lowest BCUT2D eigenvalue weighted by atomic mass is 9.84. The van der Waals surface area contributed by atoms with Gasteiger partial charge in [0.2, 0.25) is 0 Å². The molecule has 1 aliphatic rings. The second-order valence-electron chi connectivity index (χ2n) is 5.70. The van der Waals surface area contributed by atoms with Crippen molar-refractivity contribution in [1.82, 2.24) is 0 Å². The molecule has 0 aromatic rings. The summed E-state index contributed by atoms with van der Waals surface area (Å²) >= 11 is 0. The van der Waals surface area contributed by atoms with Crippen molar-refractivity contribution in [3.63, 3.8) is 0 Å². The first-order valence-electron chi connectivity index (χ1n) is 6.83. The fraction of sp³-hybridized carbons (Fsp3) is 1.00. The molecule has 1 rings (SSSR count). The van der Waals surface area contributed by atoms with Gasteiger partial charge in [-0.15, -0.1) is 0 Å². The van der Waals surface area contributed by atoms with E-state index in [1.54, 1.807) is 0 Å². The highest BCUT2D eigenvalue weighted by molar-refractivity contribution is 6.71. The summed E-state index contributed by atoms with van der Waals surface area (Å²) in [5, 5.41) is 0. The lowest BCUT2D eigenvalue weighted by Crippen LogP contribution is -2.45. The Kier molecular flexibility index (Phi) is 6.13. The van der Waals surface area contributed by atoms with Crippen LogP contribution < -0.4 is 0 Å². The molecule has 0 bridgehead atoms. The lowest BCUT2D eigenvalue weighted by molar-refractivity contribution is -0.150. The lowest BCUT2D eigenvalue weighted by Gasteiger charge is -2.40. The van der Waals surface area contributed by atoms with Crippen molar-refractivity contribution in [2.75, 3.05) is 33.0 Å². The van der Waals surface area contributed by atoms with E-state index in [4.69, 9.17) is 13.9 Å². The average Bonchev–Trinajstić information content (AvgIpc) is 2.21. The highest BCUT2D eigenvalue weighted by Gasteiger charge is 2.36. The van der Waals surface area contributed by atoms with Crippen LogP contribution in [-0.2, 0) is 13.9 Å². The van der Waals surface area contributed by atoms with E-state index in [1.807, 2.05) is 0 Å². The zero-order valence-corrected chi connectivity index (χ0v) is 12.9. The first kappa shape index (κ1) is 15.2. The van der Waals surface area contributed by atoms with Gasteiger partial charge in [-0.1, -0.05) is 6.92 Å². The van der Waals surface area contributed by atoms with Crippen molar-refractivity contribution < 1.29 is 13.9 Å². The minimum Gasteiger partial charge on any atom is -0.418 e. The number of hydrogen-bond acceptors (Lipinski definition) is 3. The highest BCUT2D eigenvalue weighted by Crippen LogP contribution is 2.31. The van der Waals surface area contributed by atoms with Gasteiger partial charge in [-0.3, -0.25) is 0 Å². The maximum atomic E-state index is 5.79. The minimum atomic E-state index is -1.41. The molecule has 0 spiro atoms. The molecule has 0 N–H and O–H groups in total. The summed E-state index contributed by atoms with van der Waals surface area (Å²) in [7, 11) is -1.41. The Morgan fingerprint density at radius 3 is 2.41 bits per heavy atom. The van der Waals surface area contributed by atoms with E-state index in [0.717, 1.165) is 45.9 Å². The third-order valence-corrected chi connectivity index (χ3v) is 6.21. The van der Waals surface area contributed by atoms with Gasteiger partial charge in [-0.2, -0.15) is 0 Å². The number of ether oxygens (including phenoxy) is 2. The van der Waals surface area contributed by atoms with Gasteiger partial charge in [-0.25, -0.2) is 0 Å². The van der Waals surface area contributed by atoms with E-state index in [-0.39, 0.29) is 0 Å². The molecule has 1 aliphatic heterocycles. The van der Waals surface area contributed by atoms with Gasteiger partial charge in [-0.05, 0) is 38.9 Å². The predicted octanol–water partition coefficient (Wildman–Crippen LogP) is 3.06. The second kappa shape index (κ2) is 6.88. The van der Waals surface area contributed by atoms with Crippen LogP contribution in [0.25, 0.3) is 0 Å². The van der Waals surface area contributed by atoms with Crippen LogP contribution in [0.15, 0.2) is 0 Å². The Morgan fingerprint density at radius 1 is 1.24 bits per heavy atom. The molecule has 3 nitrogen and oxygen atoms in total. The summed E-state index contributed by atoms with van der Waals surface area (Å²) in [5.74, 6) is 0. The first-order chi connectivity index (χ1) is 8.04. The van der Waals surface area contributed by atoms with Gasteiger partial charge in [0.25, 0.3) is 0 Å². The molecule has 1 heterocycles. The van der Waals surface area contributed by atoms with E-state index >= 15 is 0 Å². The average molecular weight is 260 g/mol. The monoisotopic (exact) mass is 260 g/mol. The molecular formula is C13H28O3Si. The molecule has 17 heavy (non-hydrogen) atoms. The maximum absolute atomic E-state index is 5.79. The van der Waals surface area contributed by atoms with E-state index in [9.17, 15) is 0 Å². The minimum absolute atomic E-state index is 0.326. The van der Waals surface area contributed by atoms with Crippen molar-refractivity contribution in [2.24, 2.45) is 5.41 Å². The van der Waals surface area contributed by atoms with E-state index in [0.29, 0.717) is 5.41 Å². The molecule has 0 aromatic carbocycles. The molecule has 0 amide bonds. The van der Waals surface area contributed by atoms with E-state index in [2.05, 4.69) is 26.9 Å². The summed E-state index contributed by atoms with van der Waals surface area (Å²) < 4.78 is 16.9. The molecule has 1 fully saturated rings. The quantitative estimate of drug-likeness (QED) is 0.471. The summed E-state index contributed by atoms with van der Waals surface area (Å²) in [6.45, 7) is 13.2. The van der Waals surface area contributed by atoms with Crippen molar-refractivity contribution in [1.29, 1.82) is 0 Å². The van der Waals surface area contributed by atoms with Gasteiger partial charge in [0.1, 0.15) is 0 Å². The Balaban J connectivity index is 2.04. The van der Waals surface area contributed by atoms with Crippen LogP contribution in [0.2, 0.25) is 19.1 Å². The van der Waals surface area contributed by atoms with Crippen molar-refractivity contribution in [3.8, 4) is 0 Å². The molecule has 0 aliphatic carbocycles. The number of rotatable bonds is 9. The fourth-order valence-electron chi connectivity index (χ4n) is 2.13. The number of hydrogen-bond donors (Lipinski definition) is 0. The standard InChI is InChI=1S/C13H28O3Si/c1-5-13(11-15-12-13)10-14-8-7-9-17(3,4)16-6-2/h5-12H2,1-4H3. The van der Waals surface area contributed by atoms with Crippen molar-refractivity contribution >= 4 is 8.32 Å². The largest absolute Gasteiger partial charge is 0.418 e. The molecule has 0 aromatic heterocycles. The van der Waals surface area contributed by atoms with Crippen LogP contribution in [0, 0.1) is 5.41 Å². The Morgan fingerprint density at radius 2 is 1.94 bits per heavy atom. The third-order valence-electron chi connectivity index (χ3n) is 3.58. The zero-order valence-electron chi connectivity index (χ0n) is 11.9. The van der Waals surface area contributed by atoms with Gasteiger partial charge in [0.05, 0.1) is 19.8 Å². The molecule has 0 radical (unpaired) electrons. The maximum Gasteiger partial charge on any atom is 0.186 e. The zero-order chi connectivity index (χ0) is 12.8. The van der Waals surface area contributed by atoms with Crippen LogP contribution in [-0.4, -0.2) is 41.4 Å². The van der Waals surface area contributed by atoms with Crippen LogP contribution in [0.4, 0.5) is 0 Å². The Bertz CT molecular complexity index is 209. The van der Waals surface area contributed by atoms with Gasteiger partial charge < -0.3 is 13.9 Å². The van der Waals surface area contributed by atoms with E-state index < -0.39 is 8.32 Å². The van der Waals surface area contributed by atoms with Gasteiger partial charge >= 0.3 is 0 Å². The molecule has 4 heteroatoms. The topological polar surface area (TPSA) is 27.7 Å². The summed E-state index contributed by atoms with van der Waals surface area (Å²) in [6, 6.07) is 1.19. The van der Waals surface area contributed by atoms with Crippen LogP contribution >= 0.6 is 0 Å². The fourth-order valence-corrected chi connectivity index (χ4v) is 4.05. The van der Waals surface area contributed by atoms with Crippen LogP contribution in [0.3, 0.4) is 0 Å². The molecular weight excluding hydrogens is 232 g/mol. The smallest absolute Gasteiger partial charge is 0.186 e. The van der Waals surface area contributed by atoms with Crippen molar-refractivity contribution in [2.45, 2.75) is 45.8 Å². The Hall–Kier alpha value is 0.0969. The molecule has 0 saturated carbocycles. The van der Waals surface area contributed by atoms with Crippen molar-refractivity contribution in [3.05, 3.63) is 0 Å². The van der Waals surface area contributed by atoms with Gasteiger partial charge in [0.15, 0.2) is 8.32 Å². The highest BCUT2D eigenvalue weighted by atomic mass is 28.4. The normalized spacial score (nSPS) is 19.1. The third kappa shape index (κ3) is 5.08. The second-order valence-corrected chi connectivity index (χ2v) is 10.0. The summed E-state index contributed by atoms with van der Waals surface area (Å²) in [6.07, 6.45) is 2.28. The summed E-state index contributed by atoms with van der Waals surface area (Å²) in [4.78, 5) is 0. The summed E-state index contributed by atoms with van der Waals surface area (Å²) in [5.41, 5.74) is 0.326. The molecule has 102 valence electrons.